The van der Waals surface area contributed by atoms with E-state index in [4.69, 9.17) is 85.3 Å². The van der Waals surface area contributed by atoms with Crippen LogP contribution in [0.2, 0.25) is 0 Å². The van der Waals surface area contributed by atoms with E-state index in [-0.39, 0.29) is 61.1 Å². The number of carbonyl (C=O) groups excluding carboxylic acids is 8. The SMILES string of the molecule is C=C(C)C(=O)OC1OCCCCSC1(C)C.C=C(C)C(=O)OC1OCCCOC1(C)C.C=C(C)C(=O)OC1SCCCCOC1(C)C.C=C(C)C(=O)OC1SCCCOC1(C)C.C=CC(=O)OC1OCCCCSC1(C)C.C=CC(=O)OC1OCCCOC1(C)C.C=CC(=O)OC1SCCCCOC1(C)C.C=CC(=O)OC1SCCCOC1(C)C. The predicted molar refractivity (Wildman–Crippen MR) is 481 cm³/mol. The van der Waals surface area contributed by atoms with E-state index in [2.05, 4.69) is 52.6 Å². The molecule has 8 rings (SSSR count). The molecule has 8 fully saturated rings. The van der Waals surface area contributed by atoms with Gasteiger partial charge in [0.05, 0.1) is 35.9 Å². The van der Waals surface area contributed by atoms with Crippen LogP contribution in [0.4, 0.5) is 0 Å². The summed E-state index contributed by atoms with van der Waals surface area (Å²) in [6, 6.07) is 0. The fourth-order valence-corrected chi connectivity index (χ4v) is 17.2. The van der Waals surface area contributed by atoms with Crippen LogP contribution in [-0.4, -0.2) is 238 Å². The molecule has 26 nitrogen and oxygen atoms in total. The summed E-state index contributed by atoms with van der Waals surface area (Å²) >= 11 is 10.1. The van der Waals surface area contributed by atoms with Gasteiger partial charge in [0, 0.05) is 86.2 Å². The first-order chi connectivity index (χ1) is 56.0. The molecule has 0 aromatic rings. The first kappa shape index (κ1) is 113. The van der Waals surface area contributed by atoms with Crippen LogP contribution in [0.3, 0.4) is 0 Å². The summed E-state index contributed by atoms with van der Waals surface area (Å²) in [4.78, 5) is 90.1. The second kappa shape index (κ2) is 57.9. The molecule has 120 heavy (non-hydrogen) atoms. The molecule has 0 spiro atoms. The maximum absolute atomic E-state index is 11.5. The van der Waals surface area contributed by atoms with Gasteiger partial charge in [0.1, 0.15) is 33.6 Å². The first-order valence-electron chi connectivity index (χ1n) is 40.8. The standard InChI is InChI=1S/2C12H20O3S.C11H18O4.3C11H18O3S.C10H16O4.C10H16O3S/c1-9(2)10(13)15-11-12(3,4)14-7-5-6-8-16-11;1-9(2)10(13)15-11-12(3,4)16-8-6-5-7-14-11;1-8(2)9(12)15-10-11(3,4)14-7-5-6-13-10;1-8(2)9(12)14-10-11(3,4)13-6-5-7-15-10;1-4-9(12)14-10-11(2,3)13-7-5-6-8-15-10;1-4-9(12)14-10-11(2,3)15-8-6-5-7-13-10;1-4-8(11)14-9-10(2,3)13-7-5-6-12-9;1-4-8(11)13-9-10(2,3)12-6-5-7-14-9/h2*11H,1,5-8H2,2-4H3;2*10H,1,5-7H2,2-4H3;2*4,10H,1,5-8H2,2-3H3;2*4,9H,1,5-7H2,2-3H3. The Morgan fingerprint density at radius 3 is 0.808 bits per heavy atom. The van der Waals surface area contributed by atoms with E-state index < -0.39 is 76.7 Å². The summed E-state index contributed by atoms with van der Waals surface area (Å²) in [5.41, 5.74) is -2.28. The molecular weight excluding hydrogens is 1670 g/mol. The van der Waals surface area contributed by atoms with Gasteiger partial charge >= 0.3 is 47.8 Å². The zero-order valence-corrected chi connectivity index (χ0v) is 80.3. The number of carbonyl (C=O) groups is 8. The van der Waals surface area contributed by atoms with Crippen LogP contribution in [0, 0.1) is 0 Å². The van der Waals surface area contributed by atoms with Crippen molar-refractivity contribution in [2.24, 2.45) is 0 Å². The number of esters is 8. The fourth-order valence-electron chi connectivity index (χ4n) is 10.2. The van der Waals surface area contributed by atoms with Crippen LogP contribution in [0.25, 0.3) is 0 Å². The highest BCUT2D eigenvalue weighted by molar-refractivity contribution is 8.01. The summed E-state index contributed by atoms with van der Waals surface area (Å²) < 4.78 is 97.3. The molecule has 8 aliphatic rings. The maximum Gasteiger partial charge on any atom is 0.335 e. The molecule has 8 saturated heterocycles. The average Bonchev–Trinajstić information content (AvgIpc) is 0.916. The minimum atomic E-state index is -0.663. The molecule has 0 aromatic heterocycles. The third-order valence-corrected chi connectivity index (χ3v) is 26.4. The Bertz CT molecular complexity index is 3030. The fraction of sp³-hybridized carbons (Fsp3) is 0.727. The van der Waals surface area contributed by atoms with Gasteiger partial charge in [0.25, 0.3) is 0 Å². The highest BCUT2D eigenvalue weighted by atomic mass is 32.2. The molecule has 0 N–H and O–H groups in total. The Hall–Kier alpha value is -4.62. The minimum absolute atomic E-state index is 0.195. The summed E-state index contributed by atoms with van der Waals surface area (Å²) in [6.07, 6.45) is 14.7. The number of ether oxygens (including phenoxy) is 18. The number of rotatable bonds is 16. The molecule has 0 aliphatic carbocycles. The van der Waals surface area contributed by atoms with Gasteiger partial charge in [-0.15, -0.1) is 70.6 Å². The van der Waals surface area contributed by atoms with Gasteiger partial charge in [-0.1, -0.05) is 52.6 Å². The van der Waals surface area contributed by atoms with Crippen LogP contribution < -0.4 is 0 Å². The largest absolute Gasteiger partial charge is 0.445 e. The molecule has 688 valence electrons. The van der Waals surface area contributed by atoms with E-state index >= 15 is 0 Å². The van der Waals surface area contributed by atoms with Crippen LogP contribution in [0.1, 0.15) is 216 Å². The van der Waals surface area contributed by atoms with Crippen molar-refractivity contribution in [2.75, 3.05) is 101 Å². The quantitative estimate of drug-likeness (QED) is 0.0787. The highest BCUT2D eigenvalue weighted by Gasteiger charge is 2.43. The third-order valence-electron chi connectivity index (χ3n) is 17.6. The summed E-state index contributed by atoms with van der Waals surface area (Å²) in [7, 11) is 0. The zero-order chi connectivity index (χ0) is 91.1. The maximum atomic E-state index is 11.5. The second-order valence-corrected chi connectivity index (χ2v) is 41.0. The monoisotopic (exact) mass is 1810 g/mol. The smallest absolute Gasteiger partial charge is 0.335 e. The van der Waals surface area contributed by atoms with Crippen LogP contribution in [0.15, 0.2) is 99.2 Å². The van der Waals surface area contributed by atoms with Crippen molar-refractivity contribution in [3.8, 4) is 0 Å². The van der Waals surface area contributed by atoms with Gasteiger partial charge in [0.15, 0.2) is 21.7 Å². The molecule has 8 atom stereocenters. The topological polar surface area (TPSA) is 303 Å². The van der Waals surface area contributed by atoms with E-state index in [0.29, 0.717) is 61.9 Å². The van der Waals surface area contributed by atoms with Crippen molar-refractivity contribution in [1.82, 2.24) is 0 Å². The zero-order valence-electron chi connectivity index (χ0n) is 75.4. The average molecular weight is 1810 g/mol. The highest BCUT2D eigenvalue weighted by Crippen LogP contribution is 2.38. The summed E-state index contributed by atoms with van der Waals surface area (Å²) in [5.74, 6) is 2.89. The Balaban J connectivity index is 0.000000686. The Labute approximate surface area is 742 Å². The van der Waals surface area contributed by atoms with Crippen molar-refractivity contribution in [1.29, 1.82) is 0 Å². The number of hydrogen-bond acceptors (Lipinski definition) is 32. The lowest BCUT2D eigenvalue weighted by Gasteiger charge is -2.35. The Kier molecular flexibility index (Phi) is 54.7. The molecular formula is C88H144O26S6. The second-order valence-electron chi connectivity index (χ2n) is 32.8. The van der Waals surface area contributed by atoms with E-state index in [9.17, 15) is 38.4 Å². The molecule has 0 amide bonds. The van der Waals surface area contributed by atoms with E-state index in [1.165, 1.54) is 18.2 Å². The third kappa shape index (κ3) is 46.6. The van der Waals surface area contributed by atoms with Gasteiger partial charge in [0.2, 0.25) is 25.2 Å². The molecule has 0 radical (unpaired) electrons. The Morgan fingerprint density at radius 2 is 0.483 bits per heavy atom. The number of thioether (sulfide) groups is 6. The molecule has 8 heterocycles. The molecule has 0 bridgehead atoms. The molecule has 8 aliphatic heterocycles. The van der Waals surface area contributed by atoms with Gasteiger partial charge in [-0.2, -0.15) is 0 Å². The van der Waals surface area contributed by atoms with Gasteiger partial charge < -0.3 is 85.3 Å². The van der Waals surface area contributed by atoms with Crippen LogP contribution in [-0.2, 0) is 124 Å². The van der Waals surface area contributed by atoms with E-state index in [0.717, 1.165) is 144 Å². The van der Waals surface area contributed by atoms with Crippen molar-refractivity contribution in [3.05, 3.63) is 99.2 Å². The summed E-state index contributed by atoms with van der Waals surface area (Å²) in [6.45, 7) is 71.9. The molecule has 0 aromatic carbocycles. The van der Waals surface area contributed by atoms with Gasteiger partial charge in [-0.3, -0.25) is 0 Å². The first-order valence-corrected chi connectivity index (χ1v) is 47.0. The van der Waals surface area contributed by atoms with Crippen molar-refractivity contribution < 1.29 is 124 Å². The number of hydrogen-bond donors (Lipinski definition) is 0. The van der Waals surface area contributed by atoms with Gasteiger partial charge in [-0.05, 0) is 250 Å². The minimum Gasteiger partial charge on any atom is -0.445 e. The normalized spacial score (nSPS) is 25.8. The molecule has 32 heteroatoms. The van der Waals surface area contributed by atoms with Crippen LogP contribution >= 0.6 is 70.6 Å². The summed E-state index contributed by atoms with van der Waals surface area (Å²) in [5, 5.41) is 0. The molecule has 0 saturated carbocycles. The molecule has 8 unspecified atom stereocenters. The van der Waals surface area contributed by atoms with Crippen LogP contribution in [0.5, 0.6) is 0 Å². The van der Waals surface area contributed by atoms with E-state index in [1.54, 1.807) is 98.3 Å². The van der Waals surface area contributed by atoms with Crippen molar-refractivity contribution in [2.45, 2.75) is 306 Å². The lowest BCUT2D eigenvalue weighted by atomic mass is 10.1. The predicted octanol–water partition coefficient (Wildman–Crippen LogP) is 17.5. The van der Waals surface area contributed by atoms with E-state index in [1.807, 2.05) is 111 Å². The van der Waals surface area contributed by atoms with Crippen molar-refractivity contribution in [3.63, 3.8) is 0 Å². The van der Waals surface area contributed by atoms with Crippen molar-refractivity contribution >= 4 is 118 Å². The Morgan fingerprint density at radius 1 is 0.267 bits per heavy atom. The lowest BCUT2D eigenvalue weighted by Crippen LogP contribution is -2.42. The van der Waals surface area contributed by atoms with Gasteiger partial charge in [-0.25, -0.2) is 38.4 Å². The lowest BCUT2D eigenvalue weighted by molar-refractivity contribution is -0.220.